The van der Waals surface area contributed by atoms with E-state index in [2.05, 4.69) is 0 Å². The molecule has 0 saturated heterocycles. The Bertz CT molecular complexity index is 764. The zero-order chi connectivity index (χ0) is 17.0. The molecular formula is C14H14NO6PS. The maximum Gasteiger partial charge on any atom is 0.397 e. The average Bonchev–Trinajstić information content (AvgIpc) is 2.93. The summed E-state index contributed by atoms with van der Waals surface area (Å²) in [5.41, 5.74) is 4.75. The second kappa shape index (κ2) is 7.06. The van der Waals surface area contributed by atoms with Gasteiger partial charge in [0.25, 0.3) is 11.4 Å². The smallest absolute Gasteiger partial charge is 0.397 e. The summed E-state index contributed by atoms with van der Waals surface area (Å²) in [6.07, 6.45) is 0.509. The van der Waals surface area contributed by atoms with Crippen LogP contribution in [-0.2, 0) is 15.8 Å². The second-order valence-electron chi connectivity index (χ2n) is 4.69. The van der Waals surface area contributed by atoms with Crippen molar-refractivity contribution in [1.82, 2.24) is 0 Å². The molecule has 1 heterocycles. The predicted octanol–water partition coefficient (Wildman–Crippen LogP) is 1.52. The van der Waals surface area contributed by atoms with Crippen molar-refractivity contribution in [1.29, 1.82) is 0 Å². The number of rotatable bonds is 7. The number of nitrogens with two attached hydrogens (primary N) is 1. The predicted molar refractivity (Wildman–Crippen MR) is 84.6 cm³/mol. The first-order valence-electron chi connectivity index (χ1n) is 6.45. The molecule has 0 radical (unpaired) electrons. The van der Waals surface area contributed by atoms with Gasteiger partial charge in [0.1, 0.15) is 5.75 Å². The lowest BCUT2D eigenvalue weighted by Crippen LogP contribution is -2.19. The molecule has 1 amide bonds. The number of carbonyl (C=O) groups excluding carboxylic acids is 2. The Hall–Kier alpha value is -1.99. The molecule has 9 heteroatoms. The number of carbonyl (C=O) groups is 2. The Balaban J connectivity index is 2.03. The van der Waals surface area contributed by atoms with Crippen molar-refractivity contribution in [3.8, 4) is 5.75 Å². The first-order valence-corrected chi connectivity index (χ1v) is 8.88. The molecule has 4 N–H and O–H groups in total. The Morgan fingerprint density at radius 2 is 1.78 bits per heavy atom. The normalized spacial score (nSPS) is 11.2. The van der Waals surface area contributed by atoms with Gasteiger partial charge in [0.2, 0.25) is 0 Å². The molecule has 1 aromatic heterocycles. The van der Waals surface area contributed by atoms with E-state index in [1.165, 1.54) is 6.07 Å². The van der Waals surface area contributed by atoms with Gasteiger partial charge in [-0.1, -0.05) is 12.1 Å². The minimum absolute atomic E-state index is 0.0368. The van der Waals surface area contributed by atoms with Crippen LogP contribution < -0.4 is 10.5 Å². The van der Waals surface area contributed by atoms with E-state index in [0.717, 1.165) is 21.8 Å². The summed E-state index contributed by atoms with van der Waals surface area (Å²) in [6.45, 7) is -0.196. The summed E-state index contributed by atoms with van der Waals surface area (Å²) >= 11 is 1.05. The van der Waals surface area contributed by atoms with E-state index in [-0.39, 0.29) is 11.5 Å². The second-order valence-corrected chi connectivity index (χ2v) is 7.35. The molecule has 0 bridgehead atoms. The van der Waals surface area contributed by atoms with Crippen LogP contribution in [0.1, 0.15) is 20.1 Å². The van der Waals surface area contributed by atoms with Gasteiger partial charge in [-0.2, -0.15) is 0 Å². The number of ether oxygens (including phenoxy) is 1. The van der Waals surface area contributed by atoms with E-state index >= 15 is 0 Å². The minimum Gasteiger partial charge on any atom is -0.484 e. The van der Waals surface area contributed by atoms with E-state index < -0.39 is 19.0 Å². The lowest BCUT2D eigenvalue weighted by atomic mass is 10.1. The van der Waals surface area contributed by atoms with E-state index in [0.29, 0.717) is 12.2 Å². The van der Waals surface area contributed by atoms with Crippen LogP contribution in [0.3, 0.4) is 0 Å². The summed E-state index contributed by atoms with van der Waals surface area (Å²) in [5.74, 6) is -0.0500. The third-order valence-corrected chi connectivity index (χ3v) is 4.83. The zero-order valence-corrected chi connectivity index (χ0v) is 13.5. The van der Waals surface area contributed by atoms with Crippen molar-refractivity contribution in [3.05, 3.63) is 51.7 Å². The van der Waals surface area contributed by atoms with Crippen LogP contribution in [0.15, 0.2) is 36.4 Å². The Kier molecular flexibility index (Phi) is 5.33. The third-order valence-electron chi connectivity index (χ3n) is 2.82. The molecule has 7 nitrogen and oxygen atoms in total. The summed E-state index contributed by atoms with van der Waals surface area (Å²) in [7, 11) is -4.75. The highest BCUT2D eigenvalue weighted by molar-refractivity contribution is 7.71. The van der Waals surface area contributed by atoms with Gasteiger partial charge in [-0.05, 0) is 29.8 Å². The summed E-state index contributed by atoms with van der Waals surface area (Å²) in [4.78, 5) is 40.7. The molecule has 0 aliphatic rings. The van der Waals surface area contributed by atoms with Gasteiger partial charge in [0, 0.05) is 11.3 Å². The van der Waals surface area contributed by atoms with Gasteiger partial charge in [-0.25, -0.2) is 0 Å². The van der Waals surface area contributed by atoms with Crippen LogP contribution in [0.25, 0.3) is 0 Å². The molecule has 0 aliphatic carbocycles. The highest BCUT2D eigenvalue weighted by atomic mass is 32.1. The summed E-state index contributed by atoms with van der Waals surface area (Å²) < 4.78 is 16.1. The Morgan fingerprint density at radius 1 is 1.13 bits per heavy atom. The molecular weight excluding hydrogens is 341 g/mol. The van der Waals surface area contributed by atoms with Gasteiger partial charge >= 0.3 is 7.60 Å². The standard InChI is InChI=1S/C14H14NO6PS/c15-13(16)8-21-10-3-1-9(2-4-10)7-11-5-6-12(23-11)14(17)22(18,19)20/h1-6H,7-8H2,(H2,15,16)(H2,18,19,20). The Morgan fingerprint density at radius 3 is 2.35 bits per heavy atom. The molecule has 0 fully saturated rings. The molecule has 0 spiro atoms. The summed E-state index contributed by atoms with van der Waals surface area (Å²) in [6, 6.07) is 10.0. The van der Waals surface area contributed by atoms with Crippen molar-refractivity contribution in [2.75, 3.05) is 6.61 Å². The topological polar surface area (TPSA) is 127 Å². The van der Waals surface area contributed by atoms with Crippen molar-refractivity contribution >= 4 is 30.4 Å². The van der Waals surface area contributed by atoms with Gasteiger partial charge in [0.05, 0.1) is 4.88 Å². The van der Waals surface area contributed by atoms with Gasteiger partial charge in [-0.3, -0.25) is 14.2 Å². The fourth-order valence-electron chi connectivity index (χ4n) is 1.79. The van der Waals surface area contributed by atoms with Crippen LogP contribution in [0, 0.1) is 0 Å². The van der Waals surface area contributed by atoms with E-state index in [1.807, 2.05) is 0 Å². The number of amides is 1. The summed E-state index contributed by atoms with van der Waals surface area (Å²) in [5, 5.41) is 0. The largest absolute Gasteiger partial charge is 0.484 e. The van der Waals surface area contributed by atoms with Crippen LogP contribution in [0.4, 0.5) is 0 Å². The van der Waals surface area contributed by atoms with Gasteiger partial charge < -0.3 is 20.3 Å². The number of primary amides is 1. The highest BCUT2D eigenvalue weighted by Gasteiger charge is 2.28. The molecule has 2 rings (SSSR count). The molecule has 23 heavy (non-hydrogen) atoms. The minimum atomic E-state index is -4.75. The quantitative estimate of drug-likeness (QED) is 0.646. The fourth-order valence-corrected chi connectivity index (χ4v) is 3.53. The molecule has 122 valence electrons. The van der Waals surface area contributed by atoms with Gasteiger partial charge in [0.15, 0.2) is 6.61 Å². The number of hydrogen-bond donors (Lipinski definition) is 3. The molecule has 0 unspecified atom stereocenters. The fraction of sp³-hybridized carbons (Fsp3) is 0.143. The molecule has 0 atom stereocenters. The highest BCUT2D eigenvalue weighted by Crippen LogP contribution is 2.41. The number of benzene rings is 1. The van der Waals surface area contributed by atoms with E-state index in [1.54, 1.807) is 30.3 Å². The Labute approximate surface area is 135 Å². The van der Waals surface area contributed by atoms with Crippen LogP contribution in [-0.4, -0.2) is 27.8 Å². The molecule has 2 aromatic rings. The first kappa shape index (κ1) is 17.4. The van der Waals surface area contributed by atoms with Crippen molar-refractivity contribution < 1.29 is 28.7 Å². The van der Waals surface area contributed by atoms with Crippen molar-refractivity contribution in [3.63, 3.8) is 0 Å². The van der Waals surface area contributed by atoms with Crippen LogP contribution >= 0.6 is 18.9 Å². The lowest BCUT2D eigenvalue weighted by Gasteiger charge is -2.04. The molecule has 0 saturated carbocycles. The van der Waals surface area contributed by atoms with E-state index in [4.69, 9.17) is 20.3 Å². The van der Waals surface area contributed by atoms with Crippen LogP contribution in [0.2, 0.25) is 0 Å². The van der Waals surface area contributed by atoms with E-state index in [9.17, 15) is 14.2 Å². The SMILES string of the molecule is NC(=O)COc1ccc(Cc2ccc(C(=O)P(=O)(O)O)s2)cc1. The number of hydrogen-bond acceptors (Lipinski definition) is 5. The monoisotopic (exact) mass is 355 g/mol. The molecule has 1 aromatic carbocycles. The number of thiophene rings is 1. The van der Waals surface area contributed by atoms with Crippen LogP contribution in [0.5, 0.6) is 5.75 Å². The maximum absolute atomic E-state index is 11.5. The lowest BCUT2D eigenvalue weighted by molar-refractivity contribution is -0.119. The first-order chi connectivity index (χ1) is 10.8. The third kappa shape index (κ3) is 5.01. The zero-order valence-electron chi connectivity index (χ0n) is 11.8. The van der Waals surface area contributed by atoms with Crippen molar-refractivity contribution in [2.45, 2.75) is 6.42 Å². The maximum atomic E-state index is 11.5. The molecule has 0 aliphatic heterocycles. The van der Waals surface area contributed by atoms with Crippen molar-refractivity contribution in [2.24, 2.45) is 5.73 Å². The average molecular weight is 355 g/mol. The van der Waals surface area contributed by atoms with Gasteiger partial charge in [-0.15, -0.1) is 11.3 Å².